The van der Waals surface area contributed by atoms with Gasteiger partial charge < -0.3 is 13.3 Å². The molecule has 0 aliphatic rings. The molecule has 206 valence electrons. The van der Waals surface area contributed by atoms with Crippen LogP contribution in [0.25, 0.3) is 94.0 Å². The largest absolute Gasteiger partial charge is 0.456 e. The highest BCUT2D eigenvalue weighted by Gasteiger charge is 2.17. The highest BCUT2D eigenvalue weighted by molar-refractivity contribution is 6.13. The molecule has 0 atom stereocenters. The van der Waals surface area contributed by atoms with E-state index < -0.39 is 0 Å². The predicted octanol–water partition coefficient (Wildman–Crippen LogP) is 9.73. The number of fused-ring (bicyclic) bond motifs is 10. The van der Waals surface area contributed by atoms with Crippen molar-refractivity contribution >= 4 is 71.7 Å². The van der Waals surface area contributed by atoms with E-state index in [-0.39, 0.29) is 11.4 Å². The molecule has 4 aromatic heterocycles. The lowest BCUT2D eigenvalue weighted by Crippen LogP contribution is -2.12. The van der Waals surface area contributed by atoms with E-state index in [1.165, 1.54) is 0 Å². The summed E-state index contributed by atoms with van der Waals surface area (Å²) in [6.07, 6.45) is 0. The second-order valence-corrected chi connectivity index (χ2v) is 11.1. The SMILES string of the molecule is O=c1c2ccc(-c3ccc4oc5ccccc5c4c3)cc2oc2nc3ccc(-c4cccc5oc6ccccc6c45)cc3n12. The fourth-order valence-corrected chi connectivity index (χ4v) is 6.59. The fraction of sp³-hybridized carbons (Fsp3) is 0. The molecule has 0 saturated heterocycles. The molecule has 44 heavy (non-hydrogen) atoms. The molecule has 0 aliphatic carbocycles. The summed E-state index contributed by atoms with van der Waals surface area (Å²) in [7, 11) is 0. The Morgan fingerprint density at radius 3 is 2.11 bits per heavy atom. The van der Waals surface area contributed by atoms with Gasteiger partial charge in [0.1, 0.15) is 27.9 Å². The summed E-state index contributed by atoms with van der Waals surface area (Å²) in [6, 6.07) is 39.9. The van der Waals surface area contributed by atoms with Gasteiger partial charge in [-0.05, 0) is 76.9 Å². The second kappa shape index (κ2) is 8.46. The number of hydrogen-bond donors (Lipinski definition) is 0. The lowest BCUT2D eigenvalue weighted by atomic mass is 9.99. The Labute approximate surface area is 248 Å². The van der Waals surface area contributed by atoms with Crippen molar-refractivity contribution < 1.29 is 13.3 Å². The zero-order valence-electron chi connectivity index (χ0n) is 23.1. The Morgan fingerprint density at radius 1 is 0.500 bits per heavy atom. The van der Waals surface area contributed by atoms with Crippen molar-refractivity contribution in [2.45, 2.75) is 0 Å². The van der Waals surface area contributed by atoms with Crippen LogP contribution in [0, 0.1) is 0 Å². The number of furan rings is 2. The lowest BCUT2D eigenvalue weighted by Gasteiger charge is -2.06. The fourth-order valence-electron chi connectivity index (χ4n) is 6.59. The van der Waals surface area contributed by atoms with Crippen molar-refractivity contribution in [1.82, 2.24) is 9.38 Å². The van der Waals surface area contributed by atoms with Gasteiger partial charge >= 0.3 is 5.84 Å². The van der Waals surface area contributed by atoms with E-state index in [0.717, 1.165) is 66.1 Å². The summed E-state index contributed by atoms with van der Waals surface area (Å²) in [5.41, 5.74) is 9.00. The van der Waals surface area contributed by atoms with Crippen molar-refractivity contribution in [3.63, 3.8) is 0 Å². The molecule has 0 unspecified atom stereocenters. The summed E-state index contributed by atoms with van der Waals surface area (Å²) in [5.74, 6) is 0.259. The van der Waals surface area contributed by atoms with E-state index in [1.54, 1.807) is 4.40 Å². The summed E-state index contributed by atoms with van der Waals surface area (Å²) >= 11 is 0. The molecule has 0 spiro atoms. The first-order chi connectivity index (χ1) is 21.7. The van der Waals surface area contributed by atoms with Crippen LogP contribution in [0.1, 0.15) is 0 Å². The average Bonchev–Trinajstić information content (AvgIpc) is 3.75. The van der Waals surface area contributed by atoms with E-state index >= 15 is 0 Å². The van der Waals surface area contributed by atoms with Crippen LogP contribution in [0.3, 0.4) is 0 Å². The zero-order valence-corrected chi connectivity index (χ0v) is 23.1. The summed E-state index contributed by atoms with van der Waals surface area (Å²) < 4.78 is 20.0. The van der Waals surface area contributed by atoms with Gasteiger partial charge in [0.25, 0.3) is 5.56 Å². The minimum atomic E-state index is -0.171. The minimum absolute atomic E-state index is 0.171. The van der Waals surface area contributed by atoms with Gasteiger partial charge in [0.15, 0.2) is 0 Å². The molecule has 0 radical (unpaired) electrons. The van der Waals surface area contributed by atoms with Gasteiger partial charge in [-0.15, -0.1) is 0 Å². The molecule has 4 heterocycles. The van der Waals surface area contributed by atoms with Gasteiger partial charge in [0.2, 0.25) is 0 Å². The molecule has 0 aliphatic heterocycles. The monoisotopic (exact) mass is 568 g/mol. The Kier molecular flexibility index (Phi) is 4.50. The minimum Gasteiger partial charge on any atom is -0.456 e. The van der Waals surface area contributed by atoms with E-state index in [9.17, 15) is 4.79 Å². The van der Waals surface area contributed by atoms with Crippen LogP contribution in [0.4, 0.5) is 0 Å². The first-order valence-corrected chi connectivity index (χ1v) is 14.4. The van der Waals surface area contributed by atoms with E-state index in [0.29, 0.717) is 22.0 Å². The maximum Gasteiger partial charge on any atom is 0.310 e. The van der Waals surface area contributed by atoms with E-state index in [2.05, 4.69) is 24.3 Å². The van der Waals surface area contributed by atoms with Crippen LogP contribution in [0.5, 0.6) is 0 Å². The summed E-state index contributed by atoms with van der Waals surface area (Å²) in [5, 5.41) is 4.70. The van der Waals surface area contributed by atoms with Gasteiger partial charge in [-0.2, -0.15) is 4.98 Å². The Hall–Kier alpha value is -6.14. The van der Waals surface area contributed by atoms with Crippen molar-refractivity contribution in [3.05, 3.63) is 132 Å². The number of aromatic nitrogens is 2. The summed E-state index contributed by atoms with van der Waals surface area (Å²) in [6.45, 7) is 0. The van der Waals surface area contributed by atoms with Crippen molar-refractivity contribution in [3.8, 4) is 22.3 Å². The number of hydrogen-bond acceptors (Lipinski definition) is 5. The molecular formula is C38H20N2O4. The van der Waals surface area contributed by atoms with Crippen LogP contribution < -0.4 is 5.56 Å². The average molecular weight is 569 g/mol. The normalized spacial score (nSPS) is 12.2. The molecule has 6 heteroatoms. The highest BCUT2D eigenvalue weighted by atomic mass is 16.4. The Balaban J connectivity index is 1.15. The molecule has 0 bridgehead atoms. The quantitative estimate of drug-likeness (QED) is 0.208. The van der Waals surface area contributed by atoms with Crippen molar-refractivity contribution in [1.29, 1.82) is 0 Å². The van der Waals surface area contributed by atoms with E-state index in [4.69, 9.17) is 18.2 Å². The van der Waals surface area contributed by atoms with Crippen molar-refractivity contribution in [2.75, 3.05) is 0 Å². The third kappa shape index (κ3) is 3.19. The molecule has 6 aromatic carbocycles. The lowest BCUT2D eigenvalue weighted by molar-refractivity contribution is 0.617. The van der Waals surface area contributed by atoms with Gasteiger partial charge in [-0.3, -0.25) is 4.79 Å². The third-order valence-electron chi connectivity index (χ3n) is 8.66. The number of para-hydroxylation sites is 2. The number of nitrogens with zero attached hydrogens (tertiary/aromatic N) is 2. The molecular weight excluding hydrogens is 548 g/mol. The van der Waals surface area contributed by atoms with Crippen LogP contribution in [-0.4, -0.2) is 9.38 Å². The number of rotatable bonds is 2. The molecule has 0 saturated carbocycles. The number of imidazole rings is 1. The molecule has 10 rings (SSSR count). The Bertz CT molecular complexity index is 2870. The topological polar surface area (TPSA) is 73.8 Å². The molecule has 6 nitrogen and oxygen atoms in total. The third-order valence-corrected chi connectivity index (χ3v) is 8.66. The molecule has 0 N–H and O–H groups in total. The van der Waals surface area contributed by atoms with Gasteiger partial charge in [0.05, 0.1) is 16.4 Å². The highest BCUT2D eigenvalue weighted by Crippen LogP contribution is 2.38. The smallest absolute Gasteiger partial charge is 0.310 e. The summed E-state index contributed by atoms with van der Waals surface area (Å²) in [4.78, 5) is 18.6. The molecule has 0 amide bonds. The van der Waals surface area contributed by atoms with Crippen LogP contribution >= 0.6 is 0 Å². The van der Waals surface area contributed by atoms with Gasteiger partial charge in [-0.25, -0.2) is 4.40 Å². The number of benzene rings is 6. The van der Waals surface area contributed by atoms with Crippen molar-refractivity contribution in [2.24, 2.45) is 0 Å². The Morgan fingerprint density at radius 2 is 1.20 bits per heavy atom. The maximum absolute atomic E-state index is 13.9. The van der Waals surface area contributed by atoms with Gasteiger partial charge in [0, 0.05) is 21.5 Å². The van der Waals surface area contributed by atoms with E-state index in [1.807, 2.05) is 97.1 Å². The van der Waals surface area contributed by atoms with Crippen LogP contribution in [0.15, 0.2) is 139 Å². The molecule has 10 aromatic rings. The first-order valence-electron chi connectivity index (χ1n) is 14.4. The zero-order chi connectivity index (χ0) is 28.9. The maximum atomic E-state index is 13.9. The van der Waals surface area contributed by atoms with Crippen LogP contribution in [0.2, 0.25) is 0 Å². The predicted molar refractivity (Wildman–Crippen MR) is 174 cm³/mol. The molecule has 0 fully saturated rings. The second-order valence-electron chi connectivity index (χ2n) is 11.1. The first kappa shape index (κ1) is 23.4. The van der Waals surface area contributed by atoms with Crippen LogP contribution in [-0.2, 0) is 0 Å². The standard InChI is InChI=1S/C38H20N2O4/c41-37-27-15-12-22(21-14-17-33-28(18-21)25-6-1-3-9-31(25)42-33)20-35(27)44-38-39-29-16-13-23(19-30(29)40(37)38)24-8-5-11-34-36(24)26-7-2-4-10-32(26)43-34/h1-20H. The van der Waals surface area contributed by atoms with Gasteiger partial charge in [-0.1, -0.05) is 66.7 Å².